The summed E-state index contributed by atoms with van der Waals surface area (Å²) in [6.07, 6.45) is 2.34. The summed E-state index contributed by atoms with van der Waals surface area (Å²) in [4.78, 5) is 13.1. The van der Waals surface area contributed by atoms with Crippen molar-refractivity contribution in [3.63, 3.8) is 0 Å². The van der Waals surface area contributed by atoms with Crippen LogP contribution in [-0.4, -0.2) is 29.1 Å². The number of carboxylic acid groups (broad SMARTS) is 1. The molecule has 1 aliphatic heterocycles. The van der Waals surface area contributed by atoms with E-state index in [1.807, 2.05) is 0 Å². The summed E-state index contributed by atoms with van der Waals surface area (Å²) < 4.78 is 5.37. The SMILES string of the molecule is CC(c1ccc(C(=O)O)o1)N1CCC(C)(C)CC1. The molecule has 0 spiro atoms. The molecule has 2 rings (SSSR count). The first kappa shape index (κ1) is 13.1. The smallest absolute Gasteiger partial charge is 0.371 e. The highest BCUT2D eigenvalue weighted by atomic mass is 16.4. The Bertz CT molecular complexity index is 426. The molecule has 0 bridgehead atoms. The number of aromatic carboxylic acids is 1. The van der Waals surface area contributed by atoms with Gasteiger partial charge in [-0.15, -0.1) is 0 Å². The molecule has 4 nitrogen and oxygen atoms in total. The van der Waals surface area contributed by atoms with Gasteiger partial charge in [0.25, 0.3) is 0 Å². The average molecular weight is 251 g/mol. The Morgan fingerprint density at radius 2 is 2.00 bits per heavy atom. The number of carboxylic acids is 1. The first-order valence-corrected chi connectivity index (χ1v) is 6.46. The highest BCUT2D eigenvalue weighted by molar-refractivity contribution is 5.84. The molecule has 1 aliphatic rings. The molecular formula is C14H21NO3. The molecule has 0 aromatic carbocycles. The second kappa shape index (κ2) is 4.76. The van der Waals surface area contributed by atoms with Crippen LogP contribution < -0.4 is 0 Å². The molecule has 1 fully saturated rings. The molecule has 1 N–H and O–H groups in total. The predicted octanol–water partition coefficient (Wildman–Crippen LogP) is 3.16. The minimum absolute atomic E-state index is 0.0224. The largest absolute Gasteiger partial charge is 0.475 e. The van der Waals surface area contributed by atoms with Crippen LogP contribution in [0.5, 0.6) is 0 Å². The lowest BCUT2D eigenvalue weighted by atomic mass is 9.82. The van der Waals surface area contributed by atoms with Crippen molar-refractivity contribution in [1.82, 2.24) is 4.90 Å². The van der Waals surface area contributed by atoms with Gasteiger partial charge in [-0.1, -0.05) is 13.8 Å². The van der Waals surface area contributed by atoms with Crippen LogP contribution in [0, 0.1) is 5.41 Å². The van der Waals surface area contributed by atoms with Crippen molar-refractivity contribution >= 4 is 5.97 Å². The Morgan fingerprint density at radius 3 is 2.50 bits per heavy atom. The van der Waals surface area contributed by atoms with Crippen molar-refractivity contribution < 1.29 is 14.3 Å². The maximum absolute atomic E-state index is 10.8. The topological polar surface area (TPSA) is 53.7 Å². The van der Waals surface area contributed by atoms with Gasteiger partial charge < -0.3 is 9.52 Å². The number of hydrogen-bond acceptors (Lipinski definition) is 3. The third-order valence-electron chi connectivity index (χ3n) is 3.95. The fraction of sp³-hybridized carbons (Fsp3) is 0.643. The lowest BCUT2D eigenvalue weighted by molar-refractivity contribution is 0.0646. The number of nitrogens with zero attached hydrogens (tertiary/aromatic N) is 1. The zero-order valence-electron chi connectivity index (χ0n) is 11.3. The van der Waals surface area contributed by atoms with E-state index in [0.717, 1.165) is 18.8 Å². The van der Waals surface area contributed by atoms with E-state index >= 15 is 0 Å². The number of likely N-dealkylation sites (tertiary alicyclic amines) is 1. The summed E-state index contributed by atoms with van der Waals surface area (Å²) in [5.74, 6) is -0.241. The van der Waals surface area contributed by atoms with E-state index in [-0.39, 0.29) is 11.8 Å². The number of hydrogen-bond donors (Lipinski definition) is 1. The highest BCUT2D eigenvalue weighted by Gasteiger charge is 2.29. The zero-order valence-corrected chi connectivity index (χ0v) is 11.3. The molecule has 0 aliphatic carbocycles. The molecule has 1 atom stereocenters. The van der Waals surface area contributed by atoms with Crippen LogP contribution in [0.15, 0.2) is 16.5 Å². The van der Waals surface area contributed by atoms with E-state index in [9.17, 15) is 4.79 Å². The van der Waals surface area contributed by atoms with Gasteiger partial charge in [0, 0.05) is 0 Å². The van der Waals surface area contributed by atoms with Gasteiger partial charge in [-0.3, -0.25) is 4.90 Å². The van der Waals surface area contributed by atoms with E-state index in [0.29, 0.717) is 5.41 Å². The molecule has 100 valence electrons. The molecule has 0 saturated carbocycles. The van der Waals surface area contributed by atoms with Crippen LogP contribution in [0.4, 0.5) is 0 Å². The summed E-state index contributed by atoms with van der Waals surface area (Å²) in [6.45, 7) is 8.74. The lowest BCUT2D eigenvalue weighted by Gasteiger charge is -2.39. The Hall–Kier alpha value is -1.29. The summed E-state index contributed by atoms with van der Waals surface area (Å²) in [7, 11) is 0. The highest BCUT2D eigenvalue weighted by Crippen LogP contribution is 2.34. The van der Waals surface area contributed by atoms with Crippen LogP contribution in [0.1, 0.15) is 56.0 Å². The van der Waals surface area contributed by atoms with Crippen molar-refractivity contribution in [2.75, 3.05) is 13.1 Å². The summed E-state index contributed by atoms with van der Waals surface area (Å²) in [5, 5.41) is 8.85. The summed E-state index contributed by atoms with van der Waals surface area (Å²) in [6, 6.07) is 3.45. The Kier molecular flexibility index (Phi) is 3.48. The fourth-order valence-corrected chi connectivity index (χ4v) is 2.39. The number of piperidine rings is 1. The maximum Gasteiger partial charge on any atom is 0.371 e. The van der Waals surface area contributed by atoms with Gasteiger partial charge in [0.2, 0.25) is 5.76 Å². The quantitative estimate of drug-likeness (QED) is 0.896. The first-order chi connectivity index (χ1) is 8.39. The van der Waals surface area contributed by atoms with Crippen molar-refractivity contribution in [1.29, 1.82) is 0 Å². The van der Waals surface area contributed by atoms with Gasteiger partial charge in [0.05, 0.1) is 6.04 Å². The maximum atomic E-state index is 10.8. The number of carbonyl (C=O) groups is 1. The predicted molar refractivity (Wildman–Crippen MR) is 68.7 cm³/mol. The van der Waals surface area contributed by atoms with Crippen molar-refractivity contribution in [2.24, 2.45) is 5.41 Å². The zero-order chi connectivity index (χ0) is 13.3. The third kappa shape index (κ3) is 2.75. The van der Waals surface area contributed by atoms with Gasteiger partial charge in [-0.2, -0.15) is 0 Å². The first-order valence-electron chi connectivity index (χ1n) is 6.46. The third-order valence-corrected chi connectivity index (χ3v) is 3.95. The molecule has 2 heterocycles. The minimum atomic E-state index is -1.01. The summed E-state index contributed by atoms with van der Waals surface area (Å²) in [5.41, 5.74) is 0.422. The van der Waals surface area contributed by atoms with Crippen LogP contribution in [0.25, 0.3) is 0 Å². The Balaban J connectivity index is 2.03. The van der Waals surface area contributed by atoms with E-state index in [1.54, 1.807) is 6.07 Å². The molecule has 1 unspecified atom stereocenters. The average Bonchev–Trinajstić information content (AvgIpc) is 2.77. The van der Waals surface area contributed by atoms with Crippen LogP contribution in [-0.2, 0) is 0 Å². The van der Waals surface area contributed by atoms with Gasteiger partial charge in [-0.25, -0.2) is 4.79 Å². The fourth-order valence-electron chi connectivity index (χ4n) is 2.39. The van der Waals surface area contributed by atoms with Crippen molar-refractivity contribution in [3.8, 4) is 0 Å². The molecule has 0 amide bonds. The van der Waals surface area contributed by atoms with Crippen LogP contribution in [0.2, 0.25) is 0 Å². The molecule has 1 saturated heterocycles. The molecule has 4 heteroatoms. The summed E-state index contributed by atoms with van der Waals surface area (Å²) >= 11 is 0. The molecule has 1 aromatic heterocycles. The number of rotatable bonds is 3. The standard InChI is InChI=1S/C14H21NO3/c1-10(11-4-5-12(18-11)13(16)17)15-8-6-14(2,3)7-9-15/h4-5,10H,6-9H2,1-3H3,(H,16,17). The number of furan rings is 1. The van der Waals surface area contributed by atoms with Crippen molar-refractivity contribution in [2.45, 2.75) is 39.7 Å². The Morgan fingerprint density at radius 1 is 1.39 bits per heavy atom. The lowest BCUT2D eigenvalue weighted by Crippen LogP contribution is -2.38. The second-order valence-electron chi connectivity index (χ2n) is 5.88. The molecule has 18 heavy (non-hydrogen) atoms. The van der Waals surface area contributed by atoms with Gasteiger partial charge in [0.15, 0.2) is 0 Å². The molecule has 0 radical (unpaired) electrons. The van der Waals surface area contributed by atoms with Gasteiger partial charge >= 0.3 is 5.97 Å². The molecule has 1 aromatic rings. The van der Waals surface area contributed by atoms with Crippen LogP contribution >= 0.6 is 0 Å². The van der Waals surface area contributed by atoms with E-state index in [1.165, 1.54) is 18.9 Å². The van der Waals surface area contributed by atoms with E-state index < -0.39 is 5.97 Å². The Labute approximate surface area is 108 Å². The second-order valence-corrected chi connectivity index (χ2v) is 5.88. The van der Waals surface area contributed by atoms with Crippen molar-refractivity contribution in [3.05, 3.63) is 23.7 Å². The molecular weight excluding hydrogens is 230 g/mol. The van der Waals surface area contributed by atoms with E-state index in [2.05, 4.69) is 25.7 Å². The van der Waals surface area contributed by atoms with Gasteiger partial charge in [0.1, 0.15) is 5.76 Å². The minimum Gasteiger partial charge on any atom is -0.475 e. The monoisotopic (exact) mass is 251 g/mol. The normalized spacial score (nSPS) is 21.7. The van der Waals surface area contributed by atoms with Crippen LogP contribution in [0.3, 0.4) is 0 Å². The van der Waals surface area contributed by atoms with Gasteiger partial charge in [-0.05, 0) is 50.4 Å². The van der Waals surface area contributed by atoms with E-state index in [4.69, 9.17) is 9.52 Å².